The van der Waals surface area contributed by atoms with Gasteiger partial charge in [-0.25, -0.2) is 0 Å². The first-order valence-corrected chi connectivity index (χ1v) is 6.78. The molecule has 1 aliphatic rings. The summed E-state index contributed by atoms with van der Waals surface area (Å²) in [5, 5.41) is 7.34. The van der Waals surface area contributed by atoms with Crippen LogP contribution in [0.5, 0.6) is 0 Å². The summed E-state index contributed by atoms with van der Waals surface area (Å²) in [6, 6.07) is 0. The van der Waals surface area contributed by atoms with Gasteiger partial charge in [0.05, 0.1) is 0 Å². The third-order valence-electron chi connectivity index (χ3n) is 2.97. The maximum Gasteiger partial charge on any atom is 0.166 e. The quantitative estimate of drug-likeness (QED) is 0.559. The summed E-state index contributed by atoms with van der Waals surface area (Å²) in [5.41, 5.74) is 0.0856. The van der Waals surface area contributed by atoms with E-state index in [0.717, 1.165) is 57.3 Å². The normalized spacial score (nSPS) is 18.7. The minimum Gasteiger partial charge on any atom is -0.382 e. The molecule has 1 fully saturated rings. The second kappa shape index (κ2) is 7.84. The summed E-state index contributed by atoms with van der Waals surface area (Å²) in [5.74, 6) is 0. The van der Waals surface area contributed by atoms with Crippen molar-refractivity contribution in [3.8, 4) is 0 Å². The summed E-state index contributed by atoms with van der Waals surface area (Å²) in [6.45, 7) is 8.26. The second-order valence-corrected chi connectivity index (χ2v) is 5.01. The lowest BCUT2D eigenvalue weighted by Crippen LogP contribution is -2.53. The Bertz CT molecular complexity index is 231. The van der Waals surface area contributed by atoms with Crippen molar-refractivity contribution in [2.24, 2.45) is 0 Å². The molecule has 5 heteroatoms. The van der Waals surface area contributed by atoms with Gasteiger partial charge in [-0.2, -0.15) is 0 Å². The second-order valence-electron chi connectivity index (χ2n) is 4.60. The molecule has 1 saturated heterocycles. The first-order valence-electron chi connectivity index (χ1n) is 6.38. The summed E-state index contributed by atoms with van der Waals surface area (Å²) in [4.78, 5) is 0. The Morgan fingerprint density at radius 2 is 2.12 bits per heavy atom. The van der Waals surface area contributed by atoms with E-state index in [1.807, 2.05) is 6.92 Å². The molecule has 0 aromatic carbocycles. The van der Waals surface area contributed by atoms with Crippen molar-refractivity contribution < 1.29 is 9.47 Å². The van der Waals surface area contributed by atoms with Crippen LogP contribution < -0.4 is 10.6 Å². The molecule has 2 N–H and O–H groups in total. The van der Waals surface area contributed by atoms with Gasteiger partial charge in [-0.15, -0.1) is 0 Å². The van der Waals surface area contributed by atoms with Crippen LogP contribution in [0.15, 0.2) is 0 Å². The lowest BCUT2D eigenvalue weighted by Gasteiger charge is -2.35. The Kier molecular flexibility index (Phi) is 6.77. The maximum absolute atomic E-state index is 5.35. The number of nitrogens with one attached hydrogen (secondary N) is 2. The van der Waals surface area contributed by atoms with Gasteiger partial charge in [0.25, 0.3) is 0 Å². The van der Waals surface area contributed by atoms with E-state index < -0.39 is 0 Å². The molecule has 4 nitrogen and oxygen atoms in total. The number of thiocarbonyl (C=S) groups is 1. The van der Waals surface area contributed by atoms with Crippen molar-refractivity contribution >= 4 is 17.3 Å². The highest BCUT2D eigenvalue weighted by Gasteiger charge is 2.27. The number of hydrogen-bond donors (Lipinski definition) is 2. The molecule has 1 aliphatic heterocycles. The molecule has 17 heavy (non-hydrogen) atoms. The van der Waals surface area contributed by atoms with Gasteiger partial charge in [0.1, 0.15) is 0 Å². The Balaban J connectivity index is 2.11. The summed E-state index contributed by atoms with van der Waals surface area (Å²) in [7, 11) is 0. The van der Waals surface area contributed by atoms with Crippen LogP contribution in [0.1, 0.15) is 33.1 Å². The van der Waals surface area contributed by atoms with Gasteiger partial charge in [-0.05, 0) is 45.3 Å². The molecule has 1 rings (SSSR count). The van der Waals surface area contributed by atoms with Crippen LogP contribution in [0.25, 0.3) is 0 Å². The van der Waals surface area contributed by atoms with E-state index >= 15 is 0 Å². The van der Waals surface area contributed by atoms with E-state index in [4.69, 9.17) is 21.7 Å². The average Bonchev–Trinajstić information content (AvgIpc) is 2.29. The minimum absolute atomic E-state index is 0.0856. The molecule has 0 bridgehead atoms. The minimum atomic E-state index is 0.0856. The molecule has 100 valence electrons. The van der Waals surface area contributed by atoms with Gasteiger partial charge in [-0.1, -0.05) is 0 Å². The molecule has 0 saturated carbocycles. The van der Waals surface area contributed by atoms with Crippen LogP contribution in [-0.4, -0.2) is 43.6 Å². The van der Waals surface area contributed by atoms with Gasteiger partial charge >= 0.3 is 0 Å². The van der Waals surface area contributed by atoms with E-state index in [9.17, 15) is 0 Å². The SMILES string of the molecule is CCOCCCNC(=S)NC1(C)CCOCC1. The Hall–Kier alpha value is -0.390. The van der Waals surface area contributed by atoms with E-state index in [1.54, 1.807) is 0 Å². The molecular formula is C12H24N2O2S. The van der Waals surface area contributed by atoms with E-state index in [-0.39, 0.29) is 5.54 Å². The topological polar surface area (TPSA) is 42.5 Å². The first-order chi connectivity index (χ1) is 8.16. The zero-order valence-corrected chi connectivity index (χ0v) is 11.7. The summed E-state index contributed by atoms with van der Waals surface area (Å²) >= 11 is 5.28. The van der Waals surface area contributed by atoms with Crippen LogP contribution >= 0.6 is 12.2 Å². The zero-order chi connectivity index (χ0) is 12.6. The molecule has 0 atom stereocenters. The van der Waals surface area contributed by atoms with Gasteiger partial charge in [-0.3, -0.25) is 0 Å². The van der Waals surface area contributed by atoms with Gasteiger partial charge in [0.2, 0.25) is 0 Å². The maximum atomic E-state index is 5.35. The van der Waals surface area contributed by atoms with Crippen LogP contribution in [0, 0.1) is 0 Å². The molecule has 0 aliphatic carbocycles. The lowest BCUT2D eigenvalue weighted by atomic mass is 9.93. The third kappa shape index (κ3) is 6.19. The lowest BCUT2D eigenvalue weighted by molar-refractivity contribution is 0.0524. The standard InChI is InChI=1S/C12H24N2O2S/c1-3-15-8-4-7-13-11(17)14-12(2)5-9-16-10-6-12/h3-10H2,1-2H3,(H2,13,14,17). The predicted molar refractivity (Wildman–Crippen MR) is 73.3 cm³/mol. The van der Waals surface area contributed by atoms with Crippen LogP contribution in [0.4, 0.5) is 0 Å². The highest BCUT2D eigenvalue weighted by Crippen LogP contribution is 2.19. The van der Waals surface area contributed by atoms with Gasteiger partial charge in [0.15, 0.2) is 5.11 Å². The number of ether oxygens (including phenoxy) is 2. The largest absolute Gasteiger partial charge is 0.382 e. The van der Waals surface area contributed by atoms with Crippen molar-refractivity contribution in [1.29, 1.82) is 0 Å². The molecule has 1 heterocycles. The molecular weight excluding hydrogens is 236 g/mol. The predicted octanol–water partition coefficient (Wildman–Crippen LogP) is 1.45. The van der Waals surface area contributed by atoms with Gasteiger partial charge < -0.3 is 20.1 Å². The van der Waals surface area contributed by atoms with Crippen molar-refractivity contribution in [1.82, 2.24) is 10.6 Å². The number of hydrogen-bond acceptors (Lipinski definition) is 3. The fourth-order valence-electron chi connectivity index (χ4n) is 1.79. The smallest absolute Gasteiger partial charge is 0.166 e. The van der Waals surface area contributed by atoms with Crippen molar-refractivity contribution in [2.75, 3.05) is 33.0 Å². The van der Waals surface area contributed by atoms with Gasteiger partial charge in [0, 0.05) is 38.5 Å². The highest BCUT2D eigenvalue weighted by molar-refractivity contribution is 7.80. The number of rotatable bonds is 6. The molecule has 0 radical (unpaired) electrons. The fourth-order valence-corrected chi connectivity index (χ4v) is 2.13. The van der Waals surface area contributed by atoms with Crippen molar-refractivity contribution in [3.63, 3.8) is 0 Å². The molecule has 0 aromatic rings. The fraction of sp³-hybridized carbons (Fsp3) is 0.917. The monoisotopic (exact) mass is 260 g/mol. The average molecular weight is 260 g/mol. The van der Waals surface area contributed by atoms with Crippen LogP contribution in [-0.2, 0) is 9.47 Å². The van der Waals surface area contributed by atoms with Crippen LogP contribution in [0.2, 0.25) is 0 Å². The van der Waals surface area contributed by atoms with Crippen LogP contribution in [0.3, 0.4) is 0 Å². The Morgan fingerprint density at radius 3 is 2.76 bits per heavy atom. The molecule has 0 amide bonds. The highest BCUT2D eigenvalue weighted by atomic mass is 32.1. The third-order valence-corrected chi connectivity index (χ3v) is 3.21. The molecule has 0 aromatic heterocycles. The Labute approximate surface area is 109 Å². The molecule has 0 spiro atoms. The summed E-state index contributed by atoms with van der Waals surface area (Å²) in [6.07, 6.45) is 3.00. The molecule has 0 unspecified atom stereocenters. The van der Waals surface area contributed by atoms with Crippen molar-refractivity contribution in [3.05, 3.63) is 0 Å². The van der Waals surface area contributed by atoms with E-state index in [2.05, 4.69) is 17.6 Å². The van der Waals surface area contributed by atoms with Crippen molar-refractivity contribution in [2.45, 2.75) is 38.6 Å². The summed E-state index contributed by atoms with van der Waals surface area (Å²) < 4.78 is 10.6. The Morgan fingerprint density at radius 1 is 1.41 bits per heavy atom. The van der Waals surface area contributed by atoms with E-state index in [1.165, 1.54) is 0 Å². The first kappa shape index (κ1) is 14.7. The zero-order valence-electron chi connectivity index (χ0n) is 10.9. The van der Waals surface area contributed by atoms with E-state index in [0.29, 0.717) is 0 Å².